The molecule has 0 bridgehead atoms. The minimum Gasteiger partial charge on any atom is -0.355 e. The van der Waals surface area contributed by atoms with Crippen molar-refractivity contribution in [1.82, 2.24) is 10.6 Å². The molecule has 0 aromatic heterocycles. The molecule has 0 radical (unpaired) electrons. The number of alkyl halides is 3. The Labute approximate surface area is 124 Å². The van der Waals surface area contributed by atoms with E-state index in [0.717, 1.165) is 19.3 Å². The molecule has 2 N–H and O–H groups in total. The molecule has 0 spiro atoms. The standard InChI is InChI=1S/C15H25F3N2O/c1-11-3-2-4-12(9-11)5-7-20-13(21)14(15(16,17)18)6-8-19-10-14/h11-12,19H,2-10H2,1H3,(H,20,21). The summed E-state index contributed by atoms with van der Waals surface area (Å²) in [6, 6.07) is 0. The highest BCUT2D eigenvalue weighted by Crippen LogP contribution is 2.43. The Balaban J connectivity index is 1.83. The van der Waals surface area contributed by atoms with Crippen LogP contribution in [-0.2, 0) is 4.79 Å². The van der Waals surface area contributed by atoms with Crippen molar-refractivity contribution in [2.24, 2.45) is 17.3 Å². The molecular weight excluding hydrogens is 281 g/mol. The SMILES string of the molecule is CC1CCCC(CCNC(=O)C2(C(F)(F)F)CCNC2)C1. The van der Waals surface area contributed by atoms with E-state index in [9.17, 15) is 18.0 Å². The van der Waals surface area contributed by atoms with Gasteiger partial charge in [0.2, 0.25) is 5.91 Å². The molecule has 0 aromatic rings. The molecule has 6 heteroatoms. The quantitative estimate of drug-likeness (QED) is 0.838. The summed E-state index contributed by atoms with van der Waals surface area (Å²) < 4.78 is 39.6. The average Bonchev–Trinajstić information content (AvgIpc) is 2.88. The van der Waals surface area contributed by atoms with Gasteiger partial charge >= 0.3 is 6.18 Å². The average molecular weight is 306 g/mol. The highest BCUT2D eigenvalue weighted by Gasteiger charge is 2.61. The Hall–Kier alpha value is -0.780. The summed E-state index contributed by atoms with van der Waals surface area (Å²) in [4.78, 5) is 12.0. The van der Waals surface area contributed by atoms with Gasteiger partial charge in [0, 0.05) is 13.1 Å². The zero-order chi connectivity index (χ0) is 15.5. The van der Waals surface area contributed by atoms with Crippen LogP contribution in [-0.4, -0.2) is 31.7 Å². The van der Waals surface area contributed by atoms with E-state index in [2.05, 4.69) is 17.6 Å². The molecule has 1 saturated carbocycles. The van der Waals surface area contributed by atoms with E-state index >= 15 is 0 Å². The summed E-state index contributed by atoms with van der Waals surface area (Å²) in [5.74, 6) is 0.376. The number of carbonyl (C=O) groups is 1. The first-order valence-corrected chi connectivity index (χ1v) is 7.91. The van der Waals surface area contributed by atoms with Crippen molar-refractivity contribution in [1.29, 1.82) is 0 Å². The number of amides is 1. The van der Waals surface area contributed by atoms with E-state index in [4.69, 9.17) is 0 Å². The van der Waals surface area contributed by atoms with Crippen LogP contribution in [0, 0.1) is 17.3 Å². The van der Waals surface area contributed by atoms with E-state index in [1.165, 1.54) is 12.8 Å². The highest BCUT2D eigenvalue weighted by atomic mass is 19.4. The summed E-state index contributed by atoms with van der Waals surface area (Å²) in [5.41, 5.74) is -2.23. The Bertz CT molecular complexity index is 364. The van der Waals surface area contributed by atoms with Crippen molar-refractivity contribution in [2.75, 3.05) is 19.6 Å². The van der Waals surface area contributed by atoms with Crippen LogP contribution in [0.4, 0.5) is 13.2 Å². The predicted octanol–water partition coefficient (Wildman–Crippen LogP) is 2.86. The monoisotopic (exact) mass is 306 g/mol. The summed E-state index contributed by atoms with van der Waals surface area (Å²) in [6.07, 6.45) is 0.829. The third kappa shape index (κ3) is 3.71. The van der Waals surface area contributed by atoms with Crippen molar-refractivity contribution in [3.8, 4) is 0 Å². The van der Waals surface area contributed by atoms with E-state index in [-0.39, 0.29) is 19.5 Å². The van der Waals surface area contributed by atoms with Crippen molar-refractivity contribution in [3.05, 3.63) is 0 Å². The topological polar surface area (TPSA) is 41.1 Å². The lowest BCUT2D eigenvalue weighted by atomic mass is 9.80. The maximum atomic E-state index is 13.2. The van der Waals surface area contributed by atoms with Crippen LogP contribution in [0.5, 0.6) is 0 Å². The first-order chi connectivity index (χ1) is 9.85. The predicted molar refractivity (Wildman–Crippen MR) is 74.7 cm³/mol. The minimum absolute atomic E-state index is 0.164. The third-order valence-electron chi connectivity index (χ3n) is 5.02. The molecule has 1 heterocycles. The van der Waals surface area contributed by atoms with Crippen LogP contribution in [0.25, 0.3) is 0 Å². The van der Waals surface area contributed by atoms with Crippen LogP contribution in [0.3, 0.4) is 0 Å². The molecule has 21 heavy (non-hydrogen) atoms. The van der Waals surface area contributed by atoms with Crippen molar-refractivity contribution in [3.63, 3.8) is 0 Å². The van der Waals surface area contributed by atoms with Gasteiger partial charge in [-0.25, -0.2) is 0 Å². The van der Waals surface area contributed by atoms with E-state index in [1.807, 2.05) is 0 Å². The molecule has 2 rings (SSSR count). The van der Waals surface area contributed by atoms with Gasteiger partial charge in [-0.15, -0.1) is 0 Å². The first kappa shape index (κ1) is 16.6. The molecule has 1 saturated heterocycles. The smallest absolute Gasteiger partial charge is 0.355 e. The molecule has 2 fully saturated rings. The second-order valence-electron chi connectivity index (χ2n) is 6.69. The Morgan fingerprint density at radius 3 is 2.71 bits per heavy atom. The molecule has 3 atom stereocenters. The fourth-order valence-electron chi connectivity index (χ4n) is 3.64. The summed E-state index contributed by atoms with van der Waals surface area (Å²) in [6.45, 7) is 2.51. The largest absolute Gasteiger partial charge is 0.404 e. The number of carbonyl (C=O) groups excluding carboxylic acids is 1. The van der Waals surface area contributed by atoms with Gasteiger partial charge in [0.25, 0.3) is 0 Å². The van der Waals surface area contributed by atoms with Crippen LogP contribution in [0.15, 0.2) is 0 Å². The second kappa shape index (κ2) is 6.55. The van der Waals surface area contributed by atoms with E-state index < -0.39 is 17.5 Å². The Morgan fingerprint density at radius 1 is 1.38 bits per heavy atom. The summed E-state index contributed by atoms with van der Waals surface area (Å²) in [5, 5.41) is 5.20. The lowest BCUT2D eigenvalue weighted by Gasteiger charge is -2.30. The van der Waals surface area contributed by atoms with Gasteiger partial charge in [-0.05, 0) is 37.6 Å². The summed E-state index contributed by atoms with van der Waals surface area (Å²) >= 11 is 0. The van der Waals surface area contributed by atoms with Crippen LogP contribution < -0.4 is 10.6 Å². The molecule has 1 amide bonds. The molecule has 122 valence electrons. The zero-order valence-electron chi connectivity index (χ0n) is 12.6. The normalized spacial score (nSPS) is 33.9. The van der Waals surface area contributed by atoms with Gasteiger partial charge < -0.3 is 10.6 Å². The zero-order valence-corrected chi connectivity index (χ0v) is 12.6. The van der Waals surface area contributed by atoms with Crippen molar-refractivity contribution < 1.29 is 18.0 Å². The fourth-order valence-corrected chi connectivity index (χ4v) is 3.64. The van der Waals surface area contributed by atoms with Gasteiger partial charge in [-0.3, -0.25) is 4.79 Å². The number of rotatable bonds is 4. The lowest BCUT2D eigenvalue weighted by Crippen LogP contribution is -2.52. The number of hydrogen-bond donors (Lipinski definition) is 2. The van der Waals surface area contributed by atoms with Crippen LogP contribution in [0.1, 0.15) is 45.4 Å². The summed E-state index contributed by atoms with van der Waals surface area (Å²) in [7, 11) is 0. The number of halogens is 3. The third-order valence-corrected chi connectivity index (χ3v) is 5.02. The molecule has 3 nitrogen and oxygen atoms in total. The van der Waals surface area contributed by atoms with E-state index in [0.29, 0.717) is 18.4 Å². The molecule has 1 aliphatic heterocycles. The number of nitrogens with one attached hydrogen (secondary N) is 2. The first-order valence-electron chi connectivity index (χ1n) is 7.91. The fraction of sp³-hybridized carbons (Fsp3) is 0.933. The van der Waals surface area contributed by atoms with Gasteiger partial charge in [0.1, 0.15) is 0 Å². The Morgan fingerprint density at radius 2 is 2.14 bits per heavy atom. The van der Waals surface area contributed by atoms with E-state index in [1.54, 1.807) is 0 Å². The van der Waals surface area contributed by atoms with Crippen molar-refractivity contribution >= 4 is 5.91 Å². The molecule has 2 aliphatic rings. The maximum Gasteiger partial charge on any atom is 0.404 e. The molecular formula is C15H25F3N2O. The van der Waals surface area contributed by atoms with Gasteiger partial charge in [0.05, 0.1) is 0 Å². The Kier molecular flexibility index (Phi) is 5.17. The molecule has 0 aromatic carbocycles. The molecule has 3 unspecified atom stereocenters. The van der Waals surface area contributed by atoms with Gasteiger partial charge in [0.15, 0.2) is 5.41 Å². The van der Waals surface area contributed by atoms with Crippen LogP contribution >= 0.6 is 0 Å². The van der Waals surface area contributed by atoms with Crippen LogP contribution in [0.2, 0.25) is 0 Å². The minimum atomic E-state index is -4.49. The molecule has 1 aliphatic carbocycles. The van der Waals surface area contributed by atoms with Crippen molar-refractivity contribution in [2.45, 2.75) is 51.6 Å². The number of hydrogen-bond acceptors (Lipinski definition) is 2. The van der Waals surface area contributed by atoms with Gasteiger partial charge in [-0.1, -0.05) is 26.2 Å². The lowest BCUT2D eigenvalue weighted by molar-refractivity contribution is -0.216. The van der Waals surface area contributed by atoms with Gasteiger partial charge in [-0.2, -0.15) is 13.2 Å². The second-order valence-corrected chi connectivity index (χ2v) is 6.69. The maximum absolute atomic E-state index is 13.2. The highest BCUT2D eigenvalue weighted by molar-refractivity contribution is 5.84.